The van der Waals surface area contributed by atoms with Crippen molar-refractivity contribution in [2.45, 2.75) is 13.0 Å². The van der Waals surface area contributed by atoms with Crippen molar-refractivity contribution in [2.24, 2.45) is 7.05 Å². The van der Waals surface area contributed by atoms with Crippen LogP contribution in [0.15, 0.2) is 35.1 Å². The Labute approximate surface area is 110 Å². The number of rotatable bonds is 3. The number of aryl methyl sites for hydroxylation is 2. The normalized spacial score (nSPS) is 12.7. The van der Waals surface area contributed by atoms with Crippen molar-refractivity contribution in [1.82, 2.24) is 14.9 Å². The van der Waals surface area contributed by atoms with E-state index < -0.39 is 0 Å². The number of nitrogens with one attached hydrogen (secondary N) is 1. The van der Waals surface area contributed by atoms with Crippen LogP contribution in [0.3, 0.4) is 0 Å². The van der Waals surface area contributed by atoms with Crippen LogP contribution in [0, 0.1) is 6.92 Å². The van der Waals surface area contributed by atoms with E-state index in [9.17, 15) is 0 Å². The van der Waals surface area contributed by atoms with E-state index in [2.05, 4.69) is 51.4 Å². The summed E-state index contributed by atoms with van der Waals surface area (Å²) >= 11 is 3.52. The number of imidazole rings is 1. The lowest BCUT2D eigenvalue weighted by Crippen LogP contribution is -2.21. The van der Waals surface area contributed by atoms with Gasteiger partial charge in [0.15, 0.2) is 0 Å². The zero-order chi connectivity index (χ0) is 12.4. The summed E-state index contributed by atoms with van der Waals surface area (Å²) in [6.07, 6.45) is 3.79. The molecule has 90 valence electrons. The quantitative estimate of drug-likeness (QED) is 0.943. The second-order valence-corrected chi connectivity index (χ2v) is 4.98. The molecule has 1 atom stereocenters. The predicted octanol–water partition coefficient (Wildman–Crippen LogP) is 2.80. The minimum Gasteiger partial charge on any atom is -0.336 e. The molecule has 2 aromatic rings. The molecule has 3 nitrogen and oxygen atoms in total. The number of nitrogens with zero attached hydrogens (tertiary/aromatic N) is 2. The molecule has 0 radical (unpaired) electrons. The van der Waals surface area contributed by atoms with Gasteiger partial charge in [0.2, 0.25) is 0 Å². The summed E-state index contributed by atoms with van der Waals surface area (Å²) in [4.78, 5) is 4.40. The van der Waals surface area contributed by atoms with E-state index in [-0.39, 0.29) is 6.04 Å². The Morgan fingerprint density at radius 3 is 2.71 bits per heavy atom. The first-order chi connectivity index (χ1) is 8.13. The molecule has 1 unspecified atom stereocenters. The number of hydrogen-bond donors (Lipinski definition) is 1. The van der Waals surface area contributed by atoms with Crippen molar-refractivity contribution in [2.75, 3.05) is 7.05 Å². The molecule has 0 amide bonds. The molecule has 0 spiro atoms. The number of halogens is 1. The summed E-state index contributed by atoms with van der Waals surface area (Å²) in [5, 5.41) is 3.31. The van der Waals surface area contributed by atoms with Crippen molar-refractivity contribution in [3.8, 4) is 0 Å². The van der Waals surface area contributed by atoms with Crippen LogP contribution in [-0.2, 0) is 7.05 Å². The number of aromatic nitrogens is 2. The summed E-state index contributed by atoms with van der Waals surface area (Å²) in [6.45, 7) is 2.10. The fraction of sp³-hybridized carbons (Fsp3) is 0.308. The second kappa shape index (κ2) is 5.02. The van der Waals surface area contributed by atoms with Crippen LogP contribution in [-0.4, -0.2) is 16.6 Å². The van der Waals surface area contributed by atoms with Gasteiger partial charge in [-0.2, -0.15) is 0 Å². The number of hydrogen-bond acceptors (Lipinski definition) is 2. The van der Waals surface area contributed by atoms with Gasteiger partial charge < -0.3 is 9.88 Å². The molecule has 4 heteroatoms. The number of benzene rings is 1. The molecule has 0 bridgehead atoms. The third-order valence-corrected chi connectivity index (χ3v) is 3.81. The highest BCUT2D eigenvalue weighted by Gasteiger charge is 2.16. The molecule has 0 aliphatic rings. The Morgan fingerprint density at radius 2 is 2.18 bits per heavy atom. The lowest BCUT2D eigenvalue weighted by atomic mass is 10.0. The van der Waals surface area contributed by atoms with E-state index in [1.54, 1.807) is 0 Å². The van der Waals surface area contributed by atoms with E-state index >= 15 is 0 Å². The van der Waals surface area contributed by atoms with Gasteiger partial charge >= 0.3 is 0 Å². The Balaban J connectivity index is 2.42. The topological polar surface area (TPSA) is 29.9 Å². The second-order valence-electron chi connectivity index (χ2n) is 4.13. The smallest absolute Gasteiger partial charge is 0.130 e. The Hall–Kier alpha value is -1.13. The molecule has 1 aromatic carbocycles. The van der Waals surface area contributed by atoms with E-state index in [4.69, 9.17) is 0 Å². The Morgan fingerprint density at radius 1 is 1.41 bits per heavy atom. The maximum Gasteiger partial charge on any atom is 0.130 e. The summed E-state index contributed by atoms with van der Waals surface area (Å²) < 4.78 is 3.18. The molecular formula is C13H16BrN3. The van der Waals surface area contributed by atoms with Crippen LogP contribution >= 0.6 is 15.9 Å². The standard InChI is InChI=1S/C13H16BrN3/c1-9-8-10(4-5-11(9)14)12(15-2)13-16-6-7-17(13)3/h4-8,12,15H,1-3H3. The SMILES string of the molecule is CNC(c1ccc(Br)c(C)c1)c1nccn1C. The van der Waals surface area contributed by atoms with E-state index in [1.807, 2.05) is 31.1 Å². The summed E-state index contributed by atoms with van der Waals surface area (Å²) in [5.41, 5.74) is 2.46. The zero-order valence-electron chi connectivity index (χ0n) is 10.2. The van der Waals surface area contributed by atoms with Gasteiger partial charge in [0, 0.05) is 23.9 Å². The van der Waals surface area contributed by atoms with Crippen LogP contribution in [0.4, 0.5) is 0 Å². The van der Waals surface area contributed by atoms with Crippen LogP contribution < -0.4 is 5.32 Å². The fourth-order valence-corrected chi connectivity index (χ4v) is 2.19. The van der Waals surface area contributed by atoms with Crippen LogP contribution in [0.1, 0.15) is 23.0 Å². The average Bonchev–Trinajstić information content (AvgIpc) is 2.71. The maximum absolute atomic E-state index is 4.40. The highest BCUT2D eigenvalue weighted by Crippen LogP contribution is 2.24. The van der Waals surface area contributed by atoms with Crippen LogP contribution in [0.25, 0.3) is 0 Å². The monoisotopic (exact) mass is 293 g/mol. The molecule has 0 aliphatic heterocycles. The highest BCUT2D eigenvalue weighted by atomic mass is 79.9. The molecule has 0 aliphatic carbocycles. The first-order valence-corrected chi connectivity index (χ1v) is 6.33. The van der Waals surface area contributed by atoms with Gasteiger partial charge in [-0.1, -0.05) is 28.1 Å². The Bertz CT molecular complexity index is 519. The molecule has 0 saturated heterocycles. The summed E-state index contributed by atoms with van der Waals surface area (Å²) in [7, 11) is 3.97. The molecular weight excluding hydrogens is 278 g/mol. The lowest BCUT2D eigenvalue weighted by Gasteiger charge is -2.17. The third-order valence-electron chi connectivity index (χ3n) is 2.92. The maximum atomic E-state index is 4.40. The molecule has 1 heterocycles. The van der Waals surface area contributed by atoms with E-state index in [1.165, 1.54) is 11.1 Å². The van der Waals surface area contributed by atoms with Crippen molar-refractivity contribution in [1.29, 1.82) is 0 Å². The highest BCUT2D eigenvalue weighted by molar-refractivity contribution is 9.10. The van der Waals surface area contributed by atoms with E-state index in [0.29, 0.717) is 0 Å². The van der Waals surface area contributed by atoms with Gasteiger partial charge in [0.05, 0.1) is 6.04 Å². The largest absolute Gasteiger partial charge is 0.336 e. The van der Waals surface area contributed by atoms with Crippen LogP contribution in [0.5, 0.6) is 0 Å². The van der Waals surface area contributed by atoms with Gasteiger partial charge in [-0.15, -0.1) is 0 Å². The zero-order valence-corrected chi connectivity index (χ0v) is 11.8. The molecule has 17 heavy (non-hydrogen) atoms. The Kier molecular flexibility index (Phi) is 3.64. The third kappa shape index (κ3) is 2.42. The van der Waals surface area contributed by atoms with Gasteiger partial charge in [-0.05, 0) is 31.2 Å². The van der Waals surface area contributed by atoms with Gasteiger partial charge in [0.25, 0.3) is 0 Å². The van der Waals surface area contributed by atoms with Crippen molar-refractivity contribution < 1.29 is 0 Å². The predicted molar refractivity (Wildman–Crippen MR) is 73.0 cm³/mol. The fourth-order valence-electron chi connectivity index (χ4n) is 1.95. The first kappa shape index (κ1) is 12.3. The van der Waals surface area contributed by atoms with Crippen molar-refractivity contribution in [3.05, 3.63) is 52.0 Å². The lowest BCUT2D eigenvalue weighted by molar-refractivity contribution is 0.617. The van der Waals surface area contributed by atoms with Gasteiger partial charge in [-0.25, -0.2) is 4.98 Å². The minimum atomic E-state index is 0.127. The molecule has 1 N–H and O–H groups in total. The molecule has 1 aromatic heterocycles. The van der Waals surface area contributed by atoms with Crippen molar-refractivity contribution in [3.63, 3.8) is 0 Å². The van der Waals surface area contributed by atoms with Crippen molar-refractivity contribution >= 4 is 15.9 Å². The van der Waals surface area contributed by atoms with Crippen LogP contribution in [0.2, 0.25) is 0 Å². The minimum absolute atomic E-state index is 0.127. The average molecular weight is 294 g/mol. The van der Waals surface area contributed by atoms with Gasteiger partial charge in [0.1, 0.15) is 5.82 Å². The molecule has 0 fully saturated rings. The van der Waals surface area contributed by atoms with E-state index in [0.717, 1.165) is 10.3 Å². The first-order valence-electron chi connectivity index (χ1n) is 5.54. The summed E-state index contributed by atoms with van der Waals surface area (Å²) in [5.74, 6) is 1.02. The summed E-state index contributed by atoms with van der Waals surface area (Å²) in [6, 6.07) is 6.51. The molecule has 0 saturated carbocycles. The van der Waals surface area contributed by atoms with Gasteiger partial charge in [-0.3, -0.25) is 0 Å². The molecule has 2 rings (SSSR count).